The van der Waals surface area contributed by atoms with Crippen LogP contribution in [0.25, 0.3) is 0 Å². The Morgan fingerprint density at radius 1 is 1.46 bits per heavy atom. The average molecular weight is 179 g/mol. The summed E-state index contributed by atoms with van der Waals surface area (Å²) in [6.07, 6.45) is 0. The number of benzene rings is 1. The molecule has 0 aliphatic rings. The highest BCUT2D eigenvalue weighted by Gasteiger charge is 2.01. The van der Waals surface area contributed by atoms with E-state index < -0.39 is 0 Å². The average Bonchev–Trinajstić information content (AvgIpc) is 2.11. The molecule has 0 radical (unpaired) electrons. The second kappa shape index (κ2) is 3.80. The summed E-state index contributed by atoms with van der Waals surface area (Å²) in [5, 5.41) is 5.14. The number of carbonyl (C=O) groups excluding carboxylic acids is 1. The van der Waals surface area contributed by atoms with Gasteiger partial charge in [0.15, 0.2) is 0 Å². The van der Waals surface area contributed by atoms with Gasteiger partial charge in [0.25, 0.3) is 0 Å². The monoisotopic (exact) mass is 179 g/mol. The second-order valence-corrected chi connectivity index (χ2v) is 2.78. The van der Waals surface area contributed by atoms with E-state index in [1.54, 1.807) is 19.2 Å². The third kappa shape index (κ3) is 2.37. The van der Waals surface area contributed by atoms with Crippen LogP contribution in [-0.4, -0.2) is 13.1 Å². The molecule has 0 aliphatic carbocycles. The Hall–Kier alpha value is -1.71. The first-order valence-electron chi connectivity index (χ1n) is 3.98. The lowest BCUT2D eigenvalue weighted by molar-refractivity contribution is 0.254. The predicted octanol–water partition coefficient (Wildman–Crippen LogP) is 1.33. The third-order valence-electron chi connectivity index (χ3n) is 1.74. The van der Waals surface area contributed by atoms with Crippen molar-refractivity contribution in [2.24, 2.45) is 0 Å². The fourth-order valence-corrected chi connectivity index (χ4v) is 0.959. The standard InChI is InChI=1S/C9H13N3O/c1-6-3-4-7(10)5-8(6)12-9(13)11-2/h3-5H,10H2,1-2H3,(H2,11,12,13). The summed E-state index contributed by atoms with van der Waals surface area (Å²) in [6, 6.07) is 5.14. The van der Waals surface area contributed by atoms with Crippen molar-refractivity contribution in [3.8, 4) is 0 Å². The number of hydrogen-bond acceptors (Lipinski definition) is 2. The van der Waals surface area contributed by atoms with E-state index in [-0.39, 0.29) is 6.03 Å². The molecule has 4 nitrogen and oxygen atoms in total. The Kier molecular flexibility index (Phi) is 2.74. The van der Waals surface area contributed by atoms with Crippen LogP contribution in [0.1, 0.15) is 5.56 Å². The van der Waals surface area contributed by atoms with Gasteiger partial charge in [-0.25, -0.2) is 4.79 Å². The molecule has 0 saturated heterocycles. The van der Waals surface area contributed by atoms with Crippen LogP contribution in [0.5, 0.6) is 0 Å². The zero-order chi connectivity index (χ0) is 9.84. The Morgan fingerprint density at radius 3 is 2.77 bits per heavy atom. The van der Waals surface area contributed by atoms with E-state index in [0.29, 0.717) is 5.69 Å². The quantitative estimate of drug-likeness (QED) is 0.569. The second-order valence-electron chi connectivity index (χ2n) is 2.78. The minimum atomic E-state index is -0.242. The van der Waals surface area contributed by atoms with Gasteiger partial charge >= 0.3 is 6.03 Å². The van der Waals surface area contributed by atoms with Gasteiger partial charge in [0, 0.05) is 18.4 Å². The summed E-state index contributed by atoms with van der Waals surface area (Å²) in [7, 11) is 1.57. The third-order valence-corrected chi connectivity index (χ3v) is 1.74. The largest absolute Gasteiger partial charge is 0.399 e. The van der Waals surface area contributed by atoms with Crippen molar-refractivity contribution in [3.05, 3.63) is 23.8 Å². The molecule has 0 saturated carbocycles. The normalized spacial score (nSPS) is 9.38. The highest BCUT2D eigenvalue weighted by molar-refractivity contribution is 5.90. The van der Waals surface area contributed by atoms with E-state index in [4.69, 9.17) is 5.73 Å². The number of anilines is 2. The SMILES string of the molecule is CNC(=O)Nc1cc(N)ccc1C. The number of carbonyl (C=O) groups is 1. The molecular formula is C9H13N3O. The zero-order valence-electron chi connectivity index (χ0n) is 7.72. The van der Waals surface area contributed by atoms with Gasteiger partial charge in [0.2, 0.25) is 0 Å². The molecule has 2 amide bonds. The molecule has 0 spiro atoms. The minimum Gasteiger partial charge on any atom is -0.399 e. The van der Waals surface area contributed by atoms with Crippen LogP contribution in [0.3, 0.4) is 0 Å². The van der Waals surface area contributed by atoms with Crippen LogP contribution in [-0.2, 0) is 0 Å². The molecule has 1 rings (SSSR count). The Bertz CT molecular complexity index is 323. The van der Waals surface area contributed by atoms with E-state index in [9.17, 15) is 4.79 Å². The summed E-state index contributed by atoms with van der Waals surface area (Å²) in [5.41, 5.74) is 7.93. The molecule has 1 aromatic carbocycles. The number of nitrogens with one attached hydrogen (secondary N) is 2. The van der Waals surface area contributed by atoms with Crippen molar-refractivity contribution in [1.82, 2.24) is 5.32 Å². The molecule has 0 bridgehead atoms. The van der Waals surface area contributed by atoms with Crippen LogP contribution in [0.2, 0.25) is 0 Å². The summed E-state index contributed by atoms with van der Waals surface area (Å²) < 4.78 is 0. The Labute approximate surface area is 77.1 Å². The summed E-state index contributed by atoms with van der Waals surface area (Å²) in [6.45, 7) is 1.91. The van der Waals surface area contributed by atoms with E-state index in [0.717, 1.165) is 11.3 Å². The summed E-state index contributed by atoms with van der Waals surface area (Å²) in [5.74, 6) is 0. The molecule has 0 unspecified atom stereocenters. The Morgan fingerprint density at radius 2 is 2.15 bits per heavy atom. The number of nitrogens with two attached hydrogens (primary N) is 1. The summed E-state index contributed by atoms with van der Waals surface area (Å²) in [4.78, 5) is 11.0. The fraction of sp³-hybridized carbons (Fsp3) is 0.222. The molecule has 4 N–H and O–H groups in total. The Balaban J connectivity index is 2.87. The van der Waals surface area contributed by atoms with Crippen LogP contribution in [0.15, 0.2) is 18.2 Å². The fourth-order valence-electron chi connectivity index (χ4n) is 0.959. The molecule has 0 fully saturated rings. The van der Waals surface area contributed by atoms with E-state index >= 15 is 0 Å². The van der Waals surface area contributed by atoms with Crippen LogP contribution in [0.4, 0.5) is 16.2 Å². The van der Waals surface area contributed by atoms with Gasteiger partial charge in [-0.15, -0.1) is 0 Å². The highest BCUT2D eigenvalue weighted by Crippen LogP contribution is 2.17. The maximum absolute atomic E-state index is 11.0. The lowest BCUT2D eigenvalue weighted by Gasteiger charge is -2.08. The molecular weight excluding hydrogens is 166 g/mol. The molecule has 0 aliphatic heterocycles. The lowest BCUT2D eigenvalue weighted by Crippen LogP contribution is -2.24. The topological polar surface area (TPSA) is 67.2 Å². The first kappa shape index (κ1) is 9.38. The number of nitrogen functional groups attached to an aromatic ring is 1. The zero-order valence-corrected chi connectivity index (χ0v) is 7.72. The summed E-state index contributed by atoms with van der Waals surface area (Å²) >= 11 is 0. The maximum Gasteiger partial charge on any atom is 0.318 e. The molecule has 70 valence electrons. The van der Waals surface area contributed by atoms with Gasteiger partial charge in [0.05, 0.1) is 0 Å². The van der Waals surface area contributed by atoms with Crippen molar-refractivity contribution in [2.45, 2.75) is 6.92 Å². The predicted molar refractivity (Wildman–Crippen MR) is 53.7 cm³/mol. The van der Waals surface area contributed by atoms with E-state index in [1.165, 1.54) is 0 Å². The molecule has 0 aromatic heterocycles. The van der Waals surface area contributed by atoms with Crippen molar-refractivity contribution in [3.63, 3.8) is 0 Å². The molecule has 0 atom stereocenters. The number of amides is 2. The minimum absolute atomic E-state index is 0.242. The van der Waals surface area contributed by atoms with Crippen molar-refractivity contribution in [1.29, 1.82) is 0 Å². The first-order chi connectivity index (χ1) is 6.13. The smallest absolute Gasteiger partial charge is 0.318 e. The molecule has 4 heteroatoms. The van der Waals surface area contributed by atoms with Gasteiger partial charge in [0.1, 0.15) is 0 Å². The lowest BCUT2D eigenvalue weighted by atomic mass is 10.2. The van der Waals surface area contributed by atoms with Crippen LogP contribution < -0.4 is 16.4 Å². The van der Waals surface area contributed by atoms with Gasteiger partial charge < -0.3 is 16.4 Å². The first-order valence-corrected chi connectivity index (χ1v) is 3.98. The van der Waals surface area contributed by atoms with Crippen molar-refractivity contribution >= 4 is 17.4 Å². The van der Waals surface area contributed by atoms with Gasteiger partial charge in [-0.05, 0) is 24.6 Å². The molecule has 13 heavy (non-hydrogen) atoms. The van der Waals surface area contributed by atoms with Crippen LogP contribution in [0, 0.1) is 6.92 Å². The molecule has 0 heterocycles. The van der Waals surface area contributed by atoms with E-state index in [1.807, 2.05) is 13.0 Å². The van der Waals surface area contributed by atoms with Crippen molar-refractivity contribution < 1.29 is 4.79 Å². The van der Waals surface area contributed by atoms with Gasteiger partial charge in [-0.2, -0.15) is 0 Å². The number of aryl methyl sites for hydroxylation is 1. The number of urea groups is 1. The van der Waals surface area contributed by atoms with Crippen molar-refractivity contribution in [2.75, 3.05) is 18.1 Å². The molecule has 1 aromatic rings. The number of rotatable bonds is 1. The van der Waals surface area contributed by atoms with E-state index in [2.05, 4.69) is 10.6 Å². The highest BCUT2D eigenvalue weighted by atomic mass is 16.2. The number of hydrogen-bond donors (Lipinski definition) is 3. The van der Waals surface area contributed by atoms with Gasteiger partial charge in [-0.1, -0.05) is 6.07 Å². The maximum atomic E-state index is 11.0. The van der Waals surface area contributed by atoms with Crippen LogP contribution >= 0.6 is 0 Å². The van der Waals surface area contributed by atoms with Gasteiger partial charge in [-0.3, -0.25) is 0 Å².